The van der Waals surface area contributed by atoms with Crippen LogP contribution in [0.4, 0.5) is 5.69 Å². The molecule has 31 heavy (non-hydrogen) atoms. The van der Waals surface area contributed by atoms with E-state index < -0.39 is 10.8 Å². The first-order chi connectivity index (χ1) is 15.1. The van der Waals surface area contributed by atoms with Gasteiger partial charge in [-0.15, -0.1) is 0 Å². The van der Waals surface area contributed by atoms with Crippen molar-refractivity contribution in [2.75, 3.05) is 0 Å². The van der Waals surface area contributed by atoms with Gasteiger partial charge in [0.05, 0.1) is 11.9 Å². The Morgan fingerprint density at radius 2 is 1.61 bits per heavy atom. The van der Waals surface area contributed by atoms with Gasteiger partial charge in [0.1, 0.15) is 21.5 Å². The molecular formula is C25H19N3OS2. The van der Waals surface area contributed by atoms with Gasteiger partial charge in [-0.3, -0.25) is 0 Å². The maximum atomic E-state index is 13.0. The van der Waals surface area contributed by atoms with Crippen LogP contribution in [0.15, 0.2) is 104 Å². The monoisotopic (exact) mass is 441 g/mol. The highest BCUT2D eigenvalue weighted by Crippen LogP contribution is 2.40. The summed E-state index contributed by atoms with van der Waals surface area (Å²) in [6.07, 6.45) is 1.68. The standard InChI is InChI=1S/C25H19N3OS2/c1-16-8-11-19(12-9-16)31(29)25-26-15-21-24(28-25)30-22-13-10-17(2)14-20(22)23(27-21)18-6-4-3-5-7-18/h3-15H,1-2H3. The SMILES string of the molecule is Cc1ccc(S(=O)c2ncc3c(n2)Sc2ccc(C)cc2C(c2ccccc2)=N3)cc1. The molecule has 1 aliphatic heterocycles. The van der Waals surface area contributed by atoms with E-state index in [0.717, 1.165) is 27.3 Å². The molecule has 152 valence electrons. The molecule has 0 aliphatic carbocycles. The molecule has 0 amide bonds. The first-order valence-corrected chi connectivity index (χ1v) is 11.8. The van der Waals surface area contributed by atoms with Gasteiger partial charge in [-0.2, -0.15) is 0 Å². The smallest absolute Gasteiger partial charge is 0.224 e. The largest absolute Gasteiger partial charge is 0.246 e. The number of aryl methyl sites for hydroxylation is 2. The summed E-state index contributed by atoms with van der Waals surface area (Å²) in [7, 11) is -1.45. The van der Waals surface area contributed by atoms with Gasteiger partial charge in [0.25, 0.3) is 0 Å². The Balaban J connectivity index is 1.63. The van der Waals surface area contributed by atoms with Crippen LogP contribution < -0.4 is 0 Å². The topological polar surface area (TPSA) is 55.2 Å². The summed E-state index contributed by atoms with van der Waals surface area (Å²) in [5.41, 5.74) is 5.96. The zero-order chi connectivity index (χ0) is 21.4. The lowest BCUT2D eigenvalue weighted by atomic mass is 10.0. The Bertz CT molecular complexity index is 1330. The van der Waals surface area contributed by atoms with Crippen molar-refractivity contribution in [2.24, 2.45) is 4.99 Å². The molecule has 0 radical (unpaired) electrons. The Morgan fingerprint density at radius 1 is 0.871 bits per heavy atom. The van der Waals surface area contributed by atoms with Gasteiger partial charge in [-0.1, -0.05) is 71.4 Å². The predicted molar refractivity (Wildman–Crippen MR) is 125 cm³/mol. The summed E-state index contributed by atoms with van der Waals surface area (Å²) in [5, 5.41) is 1.00. The lowest BCUT2D eigenvalue weighted by Crippen LogP contribution is -2.04. The van der Waals surface area contributed by atoms with Crippen molar-refractivity contribution in [3.8, 4) is 0 Å². The molecule has 1 aliphatic rings. The number of hydrogen-bond acceptors (Lipinski definition) is 5. The molecule has 6 heteroatoms. The average Bonchev–Trinajstić information content (AvgIpc) is 2.95. The van der Waals surface area contributed by atoms with Gasteiger partial charge in [-0.25, -0.2) is 19.2 Å². The van der Waals surface area contributed by atoms with Crippen molar-refractivity contribution in [3.05, 3.63) is 101 Å². The second-order valence-electron chi connectivity index (χ2n) is 7.35. The number of aliphatic imine (C=N–C) groups is 1. The number of fused-ring (bicyclic) bond motifs is 2. The third kappa shape index (κ3) is 3.96. The molecule has 0 saturated heterocycles. The summed E-state index contributed by atoms with van der Waals surface area (Å²) in [6, 6.07) is 24.1. The molecule has 0 spiro atoms. The van der Waals surface area contributed by atoms with Gasteiger partial charge >= 0.3 is 0 Å². The van der Waals surface area contributed by atoms with E-state index in [4.69, 9.17) is 4.99 Å². The molecule has 3 aromatic carbocycles. The fourth-order valence-electron chi connectivity index (χ4n) is 3.37. The first kappa shape index (κ1) is 19.8. The van der Waals surface area contributed by atoms with Crippen LogP contribution in [0.1, 0.15) is 22.3 Å². The molecule has 1 unspecified atom stereocenters. The number of nitrogens with zero attached hydrogens (tertiary/aromatic N) is 3. The predicted octanol–water partition coefficient (Wildman–Crippen LogP) is 5.89. The van der Waals surface area contributed by atoms with E-state index in [2.05, 4.69) is 47.2 Å². The van der Waals surface area contributed by atoms with Gasteiger partial charge in [0, 0.05) is 20.9 Å². The van der Waals surface area contributed by atoms with Crippen LogP contribution in [0.3, 0.4) is 0 Å². The highest BCUT2D eigenvalue weighted by molar-refractivity contribution is 7.99. The molecule has 0 N–H and O–H groups in total. The lowest BCUT2D eigenvalue weighted by molar-refractivity contribution is 0.673. The molecule has 4 nitrogen and oxygen atoms in total. The van der Waals surface area contributed by atoms with Gasteiger partial charge in [-0.05, 0) is 38.1 Å². The molecular weight excluding hydrogens is 422 g/mol. The second-order valence-corrected chi connectivity index (χ2v) is 9.76. The fraction of sp³-hybridized carbons (Fsp3) is 0.0800. The summed E-state index contributed by atoms with van der Waals surface area (Å²) in [6.45, 7) is 4.08. The van der Waals surface area contributed by atoms with E-state index in [-0.39, 0.29) is 0 Å². The minimum absolute atomic E-state index is 0.294. The van der Waals surface area contributed by atoms with Gasteiger partial charge in [0.15, 0.2) is 0 Å². The maximum Gasteiger partial charge on any atom is 0.224 e. The van der Waals surface area contributed by atoms with Crippen LogP contribution >= 0.6 is 11.8 Å². The number of aromatic nitrogens is 2. The normalized spacial score (nSPS) is 13.5. The van der Waals surface area contributed by atoms with Crippen molar-refractivity contribution in [1.82, 2.24) is 9.97 Å². The first-order valence-electron chi connectivity index (χ1n) is 9.87. The Labute approximate surface area is 188 Å². The molecule has 2 heterocycles. The average molecular weight is 442 g/mol. The van der Waals surface area contributed by atoms with E-state index in [1.54, 1.807) is 6.20 Å². The Hall–Kier alpha value is -3.09. The molecule has 0 saturated carbocycles. The Morgan fingerprint density at radius 3 is 2.39 bits per heavy atom. The minimum Gasteiger partial charge on any atom is -0.246 e. The van der Waals surface area contributed by atoms with Crippen LogP contribution in [-0.2, 0) is 10.8 Å². The summed E-state index contributed by atoms with van der Waals surface area (Å²) >= 11 is 1.54. The molecule has 4 aromatic rings. The van der Waals surface area contributed by atoms with Crippen molar-refractivity contribution >= 4 is 34.0 Å². The van der Waals surface area contributed by atoms with Crippen LogP contribution in [-0.4, -0.2) is 19.9 Å². The number of hydrogen-bond donors (Lipinski definition) is 0. The Kier molecular flexibility index (Phi) is 5.26. The summed E-state index contributed by atoms with van der Waals surface area (Å²) in [4.78, 5) is 15.8. The van der Waals surface area contributed by atoms with Crippen LogP contribution in [0.25, 0.3) is 0 Å². The maximum absolute atomic E-state index is 13.0. The van der Waals surface area contributed by atoms with E-state index in [1.165, 1.54) is 17.3 Å². The highest BCUT2D eigenvalue weighted by atomic mass is 32.2. The van der Waals surface area contributed by atoms with E-state index in [1.807, 2.05) is 49.4 Å². The molecule has 0 bridgehead atoms. The number of benzene rings is 3. The van der Waals surface area contributed by atoms with Crippen molar-refractivity contribution < 1.29 is 4.21 Å². The third-order valence-electron chi connectivity index (χ3n) is 4.99. The van der Waals surface area contributed by atoms with E-state index in [9.17, 15) is 4.21 Å². The zero-order valence-corrected chi connectivity index (χ0v) is 18.7. The quantitative estimate of drug-likeness (QED) is 0.259. The second kappa shape index (κ2) is 8.21. The third-order valence-corrected chi connectivity index (χ3v) is 7.29. The highest BCUT2D eigenvalue weighted by Gasteiger charge is 2.22. The van der Waals surface area contributed by atoms with Gasteiger partial charge in [0.2, 0.25) is 5.16 Å². The van der Waals surface area contributed by atoms with Crippen LogP contribution in [0, 0.1) is 13.8 Å². The lowest BCUT2D eigenvalue weighted by Gasteiger charge is -2.10. The summed E-state index contributed by atoms with van der Waals surface area (Å²) < 4.78 is 13.0. The minimum atomic E-state index is -1.45. The van der Waals surface area contributed by atoms with Gasteiger partial charge < -0.3 is 0 Å². The van der Waals surface area contributed by atoms with Crippen molar-refractivity contribution in [1.29, 1.82) is 0 Å². The fourth-order valence-corrected chi connectivity index (χ4v) is 5.29. The van der Waals surface area contributed by atoms with Crippen LogP contribution in [0.5, 0.6) is 0 Å². The molecule has 1 aromatic heterocycles. The van der Waals surface area contributed by atoms with Crippen molar-refractivity contribution in [2.45, 2.75) is 33.8 Å². The number of rotatable bonds is 3. The zero-order valence-electron chi connectivity index (χ0n) is 17.1. The van der Waals surface area contributed by atoms with E-state index >= 15 is 0 Å². The molecule has 5 rings (SSSR count). The molecule has 1 atom stereocenters. The molecule has 0 fully saturated rings. The van der Waals surface area contributed by atoms with Crippen LogP contribution in [0.2, 0.25) is 0 Å². The summed E-state index contributed by atoms with van der Waals surface area (Å²) in [5.74, 6) is 0. The van der Waals surface area contributed by atoms with Crippen molar-refractivity contribution in [3.63, 3.8) is 0 Å². The van der Waals surface area contributed by atoms with E-state index in [0.29, 0.717) is 20.8 Å².